The number of rotatable bonds is 6. The van der Waals surface area contributed by atoms with Gasteiger partial charge in [-0.1, -0.05) is 6.92 Å². The molecule has 0 spiro atoms. The molecular weight excluding hydrogens is 396 g/mol. The smallest absolute Gasteiger partial charge is 0.338 e. The van der Waals surface area contributed by atoms with Gasteiger partial charge in [-0.15, -0.1) is 0 Å². The van der Waals surface area contributed by atoms with Crippen molar-refractivity contribution in [3.63, 3.8) is 0 Å². The number of carboxylic acids is 1. The lowest BCUT2D eigenvalue weighted by Gasteiger charge is -2.17. The molecule has 0 unspecified atom stereocenters. The molecule has 1 aromatic carbocycles. The number of sulfonamides is 1. The van der Waals surface area contributed by atoms with E-state index < -0.39 is 39.3 Å². The van der Waals surface area contributed by atoms with Crippen LogP contribution in [-0.2, 0) is 16.4 Å². The highest BCUT2D eigenvalue weighted by atomic mass is 32.2. The van der Waals surface area contributed by atoms with E-state index in [4.69, 9.17) is 9.84 Å². The van der Waals surface area contributed by atoms with Gasteiger partial charge in [0.25, 0.3) is 5.88 Å². The SMILES string of the molecule is CCc1ncnc(O[C@@H]2CCN(S(=O)(=O)c3ccc(F)c(C(=O)O)c3)C2)c1F. The lowest BCUT2D eigenvalue weighted by molar-refractivity contribution is 0.0691. The van der Waals surface area contributed by atoms with E-state index in [-0.39, 0.29) is 36.0 Å². The molecule has 8 nitrogen and oxygen atoms in total. The largest absolute Gasteiger partial charge is 0.478 e. The van der Waals surface area contributed by atoms with Crippen LogP contribution in [0.25, 0.3) is 0 Å². The summed E-state index contributed by atoms with van der Waals surface area (Å²) in [6.07, 6.45) is 1.18. The van der Waals surface area contributed by atoms with E-state index >= 15 is 0 Å². The maximum Gasteiger partial charge on any atom is 0.338 e. The van der Waals surface area contributed by atoms with Gasteiger partial charge in [0.15, 0.2) is 0 Å². The number of hydrogen-bond donors (Lipinski definition) is 1. The van der Waals surface area contributed by atoms with Gasteiger partial charge in [-0.2, -0.15) is 13.7 Å². The van der Waals surface area contributed by atoms with Crippen LogP contribution in [0.5, 0.6) is 5.88 Å². The Balaban J connectivity index is 1.78. The minimum Gasteiger partial charge on any atom is -0.478 e. The second-order valence-electron chi connectivity index (χ2n) is 6.13. The minimum atomic E-state index is -4.06. The van der Waals surface area contributed by atoms with Crippen LogP contribution in [0.3, 0.4) is 0 Å². The second kappa shape index (κ2) is 7.76. The molecule has 0 amide bonds. The summed E-state index contributed by atoms with van der Waals surface area (Å²) in [7, 11) is -4.06. The van der Waals surface area contributed by atoms with Crippen LogP contribution in [0.4, 0.5) is 8.78 Å². The highest BCUT2D eigenvalue weighted by Gasteiger charge is 2.35. The average molecular weight is 413 g/mol. The van der Waals surface area contributed by atoms with Crippen molar-refractivity contribution in [3.05, 3.63) is 47.4 Å². The summed E-state index contributed by atoms with van der Waals surface area (Å²) in [5.41, 5.74) is -0.539. The quantitative estimate of drug-likeness (QED) is 0.770. The third kappa shape index (κ3) is 3.80. The fraction of sp³-hybridized carbons (Fsp3) is 0.353. The monoisotopic (exact) mass is 413 g/mol. The number of aryl methyl sites for hydroxylation is 1. The highest BCUT2D eigenvalue weighted by Crippen LogP contribution is 2.26. The molecule has 11 heteroatoms. The van der Waals surface area contributed by atoms with Gasteiger partial charge in [0, 0.05) is 6.54 Å². The van der Waals surface area contributed by atoms with Crippen LogP contribution >= 0.6 is 0 Å². The van der Waals surface area contributed by atoms with E-state index in [1.165, 1.54) is 6.33 Å². The lowest BCUT2D eigenvalue weighted by atomic mass is 10.2. The Morgan fingerprint density at radius 3 is 2.79 bits per heavy atom. The molecule has 0 saturated carbocycles. The number of carbonyl (C=O) groups is 1. The molecule has 3 rings (SSSR count). The molecule has 1 aromatic heterocycles. The summed E-state index contributed by atoms with van der Waals surface area (Å²) in [6.45, 7) is 1.74. The molecule has 150 valence electrons. The van der Waals surface area contributed by atoms with Gasteiger partial charge >= 0.3 is 5.97 Å². The molecule has 2 aromatic rings. The summed E-state index contributed by atoms with van der Waals surface area (Å²) < 4.78 is 59.8. The lowest BCUT2D eigenvalue weighted by Crippen LogP contribution is -2.31. The van der Waals surface area contributed by atoms with Crippen molar-refractivity contribution in [2.45, 2.75) is 30.8 Å². The third-order valence-electron chi connectivity index (χ3n) is 4.36. The summed E-state index contributed by atoms with van der Waals surface area (Å²) in [5, 5.41) is 8.98. The zero-order chi connectivity index (χ0) is 20.5. The second-order valence-corrected chi connectivity index (χ2v) is 8.07. The number of aromatic carboxylic acids is 1. The first-order valence-corrected chi connectivity index (χ1v) is 9.87. The van der Waals surface area contributed by atoms with Crippen molar-refractivity contribution in [3.8, 4) is 5.88 Å². The molecule has 1 aliphatic rings. The summed E-state index contributed by atoms with van der Waals surface area (Å²) in [4.78, 5) is 18.3. The van der Waals surface area contributed by atoms with E-state index in [1.807, 2.05) is 0 Å². The van der Waals surface area contributed by atoms with Gasteiger partial charge < -0.3 is 9.84 Å². The first-order valence-electron chi connectivity index (χ1n) is 8.43. The predicted molar refractivity (Wildman–Crippen MR) is 92.5 cm³/mol. The predicted octanol–water partition coefficient (Wildman–Crippen LogP) is 1.86. The molecule has 2 heterocycles. The Bertz CT molecular complexity index is 1020. The number of halogens is 2. The number of benzene rings is 1. The molecular formula is C17H17F2N3O5S. The zero-order valence-corrected chi connectivity index (χ0v) is 15.6. The molecule has 0 bridgehead atoms. The van der Waals surface area contributed by atoms with E-state index in [0.29, 0.717) is 6.42 Å². The number of hydrogen-bond acceptors (Lipinski definition) is 6. The van der Waals surface area contributed by atoms with Crippen LogP contribution in [-0.4, -0.2) is 53.0 Å². The Labute approximate surface area is 159 Å². The van der Waals surface area contributed by atoms with Crippen LogP contribution in [0, 0.1) is 11.6 Å². The minimum absolute atomic E-state index is 0.0764. The van der Waals surface area contributed by atoms with Crippen molar-refractivity contribution >= 4 is 16.0 Å². The first kappa shape index (κ1) is 20.1. The molecule has 0 radical (unpaired) electrons. The Morgan fingerprint density at radius 1 is 1.36 bits per heavy atom. The number of ether oxygens (including phenoxy) is 1. The number of carboxylic acid groups (broad SMARTS) is 1. The Kier molecular flexibility index (Phi) is 5.57. The summed E-state index contributed by atoms with van der Waals surface area (Å²) >= 11 is 0. The van der Waals surface area contributed by atoms with E-state index in [2.05, 4.69) is 9.97 Å². The molecule has 1 saturated heterocycles. The average Bonchev–Trinajstić information content (AvgIpc) is 3.13. The van der Waals surface area contributed by atoms with E-state index in [0.717, 1.165) is 22.5 Å². The molecule has 28 heavy (non-hydrogen) atoms. The standard InChI is InChI=1S/C17H17F2N3O5S/c1-2-14-15(19)16(21-9-20-14)27-10-5-6-22(8-10)28(25,26)11-3-4-13(18)12(7-11)17(23)24/h3-4,7,9-10H,2,5-6,8H2,1H3,(H,23,24)/t10-/m1/s1. The molecule has 1 fully saturated rings. The van der Waals surface area contributed by atoms with E-state index in [1.54, 1.807) is 6.92 Å². The fourth-order valence-corrected chi connectivity index (χ4v) is 4.38. The van der Waals surface area contributed by atoms with Crippen LogP contribution in [0.15, 0.2) is 29.4 Å². The maximum absolute atomic E-state index is 14.2. The van der Waals surface area contributed by atoms with Gasteiger partial charge in [0.05, 0.1) is 22.7 Å². The van der Waals surface area contributed by atoms with Crippen LogP contribution in [0.1, 0.15) is 29.4 Å². The normalized spacial score (nSPS) is 17.6. The van der Waals surface area contributed by atoms with Crippen molar-refractivity contribution in [1.29, 1.82) is 0 Å². The van der Waals surface area contributed by atoms with Gasteiger partial charge in [-0.3, -0.25) is 0 Å². The van der Waals surface area contributed by atoms with Crippen molar-refractivity contribution in [2.75, 3.05) is 13.1 Å². The van der Waals surface area contributed by atoms with Gasteiger partial charge in [0.2, 0.25) is 15.8 Å². The molecule has 1 aliphatic heterocycles. The van der Waals surface area contributed by atoms with Crippen molar-refractivity contribution in [2.24, 2.45) is 0 Å². The topological polar surface area (TPSA) is 110 Å². The number of nitrogens with zero attached hydrogens (tertiary/aromatic N) is 3. The Morgan fingerprint density at radius 2 is 2.11 bits per heavy atom. The molecule has 1 atom stereocenters. The van der Waals surface area contributed by atoms with Gasteiger partial charge in [-0.25, -0.2) is 22.6 Å². The third-order valence-corrected chi connectivity index (χ3v) is 6.22. The van der Waals surface area contributed by atoms with Gasteiger partial charge in [0.1, 0.15) is 18.2 Å². The molecule has 1 N–H and O–H groups in total. The van der Waals surface area contributed by atoms with Gasteiger partial charge in [-0.05, 0) is 31.0 Å². The summed E-state index contributed by atoms with van der Waals surface area (Å²) in [6, 6.07) is 2.57. The van der Waals surface area contributed by atoms with Crippen molar-refractivity contribution < 1.29 is 31.8 Å². The van der Waals surface area contributed by atoms with E-state index in [9.17, 15) is 22.0 Å². The molecule has 0 aliphatic carbocycles. The van der Waals surface area contributed by atoms with Crippen LogP contribution < -0.4 is 4.74 Å². The van der Waals surface area contributed by atoms with Crippen molar-refractivity contribution in [1.82, 2.24) is 14.3 Å². The number of aromatic nitrogens is 2. The Hall–Kier alpha value is -2.66. The zero-order valence-electron chi connectivity index (χ0n) is 14.8. The highest BCUT2D eigenvalue weighted by molar-refractivity contribution is 7.89. The maximum atomic E-state index is 14.2. The summed E-state index contributed by atoms with van der Waals surface area (Å²) in [5.74, 6) is -3.52. The first-order chi connectivity index (χ1) is 13.2. The van der Waals surface area contributed by atoms with Crippen LogP contribution in [0.2, 0.25) is 0 Å². The fourth-order valence-electron chi connectivity index (χ4n) is 2.86.